The van der Waals surface area contributed by atoms with Crippen LogP contribution in [0.2, 0.25) is 0 Å². The summed E-state index contributed by atoms with van der Waals surface area (Å²) < 4.78 is 25.8. The molecule has 1 nitrogen and oxygen atoms in total. The Morgan fingerprint density at radius 1 is 1.20 bits per heavy atom. The van der Waals surface area contributed by atoms with Crippen LogP contribution >= 0.6 is 0 Å². The quantitative estimate of drug-likeness (QED) is 0.802. The minimum atomic E-state index is -0.816. The van der Waals surface area contributed by atoms with Gasteiger partial charge < -0.3 is 5.73 Å². The SMILES string of the molecule is CC(C)(C)C(CN)c1ccc(F)c(F)c1. The van der Waals surface area contributed by atoms with Crippen molar-refractivity contribution in [2.75, 3.05) is 6.54 Å². The highest BCUT2D eigenvalue weighted by molar-refractivity contribution is 5.23. The predicted molar refractivity (Wildman–Crippen MR) is 57.6 cm³/mol. The molecule has 84 valence electrons. The number of nitrogens with two attached hydrogens (primary N) is 1. The van der Waals surface area contributed by atoms with Crippen molar-refractivity contribution in [2.24, 2.45) is 11.1 Å². The van der Waals surface area contributed by atoms with E-state index in [-0.39, 0.29) is 11.3 Å². The molecule has 1 aromatic rings. The lowest BCUT2D eigenvalue weighted by Gasteiger charge is -2.30. The van der Waals surface area contributed by atoms with E-state index >= 15 is 0 Å². The Morgan fingerprint density at radius 3 is 2.20 bits per heavy atom. The topological polar surface area (TPSA) is 26.0 Å². The second kappa shape index (κ2) is 4.27. The van der Waals surface area contributed by atoms with E-state index in [1.165, 1.54) is 6.07 Å². The highest BCUT2D eigenvalue weighted by Gasteiger charge is 2.25. The zero-order valence-electron chi connectivity index (χ0n) is 9.35. The van der Waals surface area contributed by atoms with Crippen LogP contribution in [0, 0.1) is 17.0 Å². The van der Waals surface area contributed by atoms with E-state index in [9.17, 15) is 8.78 Å². The summed E-state index contributed by atoms with van der Waals surface area (Å²) in [5, 5.41) is 0. The number of halogens is 2. The molecule has 0 bridgehead atoms. The monoisotopic (exact) mass is 213 g/mol. The summed E-state index contributed by atoms with van der Waals surface area (Å²) in [6.45, 7) is 6.53. The molecule has 1 unspecified atom stereocenters. The third-order valence-electron chi connectivity index (χ3n) is 2.63. The molecule has 0 aliphatic heterocycles. The summed E-state index contributed by atoms with van der Waals surface area (Å²) in [6.07, 6.45) is 0. The van der Waals surface area contributed by atoms with E-state index in [0.29, 0.717) is 6.54 Å². The third-order valence-corrected chi connectivity index (χ3v) is 2.63. The fraction of sp³-hybridized carbons (Fsp3) is 0.500. The van der Waals surface area contributed by atoms with E-state index in [1.807, 2.05) is 20.8 Å². The molecule has 0 aliphatic rings. The lowest BCUT2D eigenvalue weighted by Crippen LogP contribution is -2.26. The normalized spacial score (nSPS) is 14.0. The van der Waals surface area contributed by atoms with Gasteiger partial charge in [-0.25, -0.2) is 8.78 Å². The van der Waals surface area contributed by atoms with Crippen molar-refractivity contribution >= 4 is 0 Å². The van der Waals surface area contributed by atoms with Gasteiger partial charge in [-0.05, 0) is 29.7 Å². The molecule has 0 aliphatic carbocycles. The lowest BCUT2D eigenvalue weighted by atomic mass is 9.76. The van der Waals surface area contributed by atoms with E-state index in [0.717, 1.165) is 11.6 Å². The molecule has 1 aromatic carbocycles. The van der Waals surface area contributed by atoms with Gasteiger partial charge in [0.25, 0.3) is 0 Å². The summed E-state index contributed by atoms with van der Waals surface area (Å²) >= 11 is 0. The first-order valence-corrected chi connectivity index (χ1v) is 5.01. The number of rotatable bonds is 2. The van der Waals surface area contributed by atoms with E-state index in [4.69, 9.17) is 5.73 Å². The first-order valence-electron chi connectivity index (χ1n) is 5.01. The average Bonchev–Trinajstić information content (AvgIpc) is 2.10. The smallest absolute Gasteiger partial charge is 0.159 e. The average molecular weight is 213 g/mol. The molecular formula is C12H17F2N. The van der Waals surface area contributed by atoms with Crippen molar-refractivity contribution in [1.29, 1.82) is 0 Å². The molecule has 0 spiro atoms. The fourth-order valence-corrected chi connectivity index (χ4v) is 1.72. The molecule has 1 atom stereocenters. The van der Waals surface area contributed by atoms with Crippen molar-refractivity contribution in [2.45, 2.75) is 26.7 Å². The molecule has 0 amide bonds. The van der Waals surface area contributed by atoms with Crippen LogP contribution in [0.4, 0.5) is 8.78 Å². The van der Waals surface area contributed by atoms with E-state index in [2.05, 4.69) is 0 Å². The van der Waals surface area contributed by atoms with Crippen molar-refractivity contribution in [3.8, 4) is 0 Å². The van der Waals surface area contributed by atoms with Crippen LogP contribution in [0.25, 0.3) is 0 Å². The van der Waals surface area contributed by atoms with Gasteiger partial charge >= 0.3 is 0 Å². The third kappa shape index (κ3) is 2.75. The summed E-state index contributed by atoms with van der Waals surface area (Å²) in [7, 11) is 0. The summed E-state index contributed by atoms with van der Waals surface area (Å²) in [6, 6.07) is 3.98. The Balaban J connectivity index is 3.08. The second-order valence-corrected chi connectivity index (χ2v) is 4.83. The van der Waals surface area contributed by atoms with Gasteiger partial charge in [-0.3, -0.25) is 0 Å². The zero-order valence-corrected chi connectivity index (χ0v) is 9.35. The van der Waals surface area contributed by atoms with Crippen molar-refractivity contribution in [3.05, 3.63) is 35.4 Å². The number of hydrogen-bond acceptors (Lipinski definition) is 1. The van der Waals surface area contributed by atoms with Crippen LogP contribution in [-0.2, 0) is 0 Å². The maximum absolute atomic E-state index is 13.0. The Labute approximate surface area is 89.3 Å². The highest BCUT2D eigenvalue weighted by Crippen LogP contribution is 2.34. The van der Waals surface area contributed by atoms with Crippen LogP contribution < -0.4 is 5.73 Å². The van der Waals surface area contributed by atoms with Gasteiger partial charge in [0.05, 0.1) is 0 Å². The summed E-state index contributed by atoms with van der Waals surface area (Å²) in [4.78, 5) is 0. The van der Waals surface area contributed by atoms with Crippen LogP contribution in [0.15, 0.2) is 18.2 Å². The van der Waals surface area contributed by atoms with Gasteiger partial charge in [-0.15, -0.1) is 0 Å². The molecule has 0 saturated carbocycles. The molecule has 3 heteroatoms. The van der Waals surface area contributed by atoms with Crippen molar-refractivity contribution < 1.29 is 8.78 Å². The molecule has 0 aromatic heterocycles. The van der Waals surface area contributed by atoms with Gasteiger partial charge in [0.1, 0.15) is 0 Å². The molecule has 15 heavy (non-hydrogen) atoms. The first kappa shape index (κ1) is 12.1. The molecule has 0 radical (unpaired) electrons. The van der Waals surface area contributed by atoms with Crippen LogP contribution in [0.1, 0.15) is 32.3 Å². The van der Waals surface area contributed by atoms with E-state index < -0.39 is 11.6 Å². The minimum absolute atomic E-state index is 0.0348. The van der Waals surface area contributed by atoms with Crippen LogP contribution in [0.5, 0.6) is 0 Å². The van der Waals surface area contributed by atoms with Gasteiger partial charge in [-0.1, -0.05) is 26.8 Å². The largest absolute Gasteiger partial charge is 0.330 e. The molecule has 0 heterocycles. The van der Waals surface area contributed by atoms with Gasteiger partial charge in [0.15, 0.2) is 11.6 Å². The van der Waals surface area contributed by atoms with Crippen molar-refractivity contribution in [3.63, 3.8) is 0 Å². The van der Waals surface area contributed by atoms with Crippen LogP contribution in [0.3, 0.4) is 0 Å². The van der Waals surface area contributed by atoms with Crippen LogP contribution in [-0.4, -0.2) is 6.54 Å². The standard InChI is InChI=1S/C12H17F2N/c1-12(2,3)9(7-15)8-4-5-10(13)11(14)6-8/h4-6,9H,7,15H2,1-3H3. The van der Waals surface area contributed by atoms with Gasteiger partial charge in [0.2, 0.25) is 0 Å². The molecule has 0 saturated heterocycles. The fourth-order valence-electron chi connectivity index (χ4n) is 1.72. The second-order valence-electron chi connectivity index (χ2n) is 4.83. The molecular weight excluding hydrogens is 196 g/mol. The van der Waals surface area contributed by atoms with E-state index in [1.54, 1.807) is 6.07 Å². The Hall–Kier alpha value is -0.960. The Bertz CT molecular complexity index is 342. The first-order chi connectivity index (χ1) is 6.86. The molecule has 2 N–H and O–H groups in total. The number of benzene rings is 1. The molecule has 0 fully saturated rings. The lowest BCUT2D eigenvalue weighted by molar-refractivity contribution is 0.324. The summed E-state index contributed by atoms with van der Waals surface area (Å²) in [5.74, 6) is -1.59. The molecule has 1 rings (SSSR count). The Kier molecular flexibility index (Phi) is 3.45. The highest BCUT2D eigenvalue weighted by atomic mass is 19.2. The Morgan fingerprint density at radius 2 is 1.80 bits per heavy atom. The number of hydrogen-bond donors (Lipinski definition) is 1. The van der Waals surface area contributed by atoms with Gasteiger partial charge in [-0.2, -0.15) is 0 Å². The summed E-state index contributed by atoms with van der Waals surface area (Å²) in [5.41, 5.74) is 6.36. The zero-order chi connectivity index (χ0) is 11.6. The van der Waals surface area contributed by atoms with Gasteiger partial charge in [0, 0.05) is 5.92 Å². The maximum atomic E-state index is 13.0. The minimum Gasteiger partial charge on any atom is -0.330 e. The van der Waals surface area contributed by atoms with Crippen molar-refractivity contribution in [1.82, 2.24) is 0 Å². The predicted octanol–water partition coefficient (Wildman–Crippen LogP) is 3.05. The maximum Gasteiger partial charge on any atom is 0.159 e.